The van der Waals surface area contributed by atoms with E-state index >= 15 is 0 Å². The molecule has 0 saturated heterocycles. The largest absolute Gasteiger partial charge is 0.433 e. The fraction of sp³-hybridized carbons (Fsp3) is 0.0500. The van der Waals surface area contributed by atoms with Crippen LogP contribution < -0.4 is 5.73 Å². The summed E-state index contributed by atoms with van der Waals surface area (Å²) in [5, 5.41) is 7.60. The molecule has 2 aromatic carbocycles. The number of aromatic nitrogens is 3. The zero-order valence-electron chi connectivity index (χ0n) is 14.4. The van der Waals surface area contributed by atoms with Crippen molar-refractivity contribution in [3.63, 3.8) is 0 Å². The van der Waals surface area contributed by atoms with Crippen LogP contribution in [0.5, 0.6) is 0 Å². The molecule has 0 amide bonds. The van der Waals surface area contributed by atoms with Crippen molar-refractivity contribution in [2.24, 2.45) is 4.99 Å². The van der Waals surface area contributed by atoms with Gasteiger partial charge in [0.2, 0.25) is 0 Å². The molecule has 5 nitrogen and oxygen atoms in total. The number of aliphatic imine (C=N–C) groups is 1. The number of nitrogens with one attached hydrogen (secondary N) is 1. The van der Waals surface area contributed by atoms with Gasteiger partial charge in [-0.15, -0.1) is 0 Å². The van der Waals surface area contributed by atoms with Crippen molar-refractivity contribution < 1.29 is 13.2 Å². The van der Waals surface area contributed by atoms with Gasteiger partial charge in [-0.3, -0.25) is 5.10 Å². The number of nitrogen functional groups attached to an aromatic ring is 1. The molecule has 0 bridgehead atoms. The molecule has 4 rings (SSSR count). The number of rotatable bonds is 3. The highest BCUT2D eigenvalue weighted by Gasteiger charge is 2.33. The lowest BCUT2D eigenvalue weighted by Gasteiger charge is -2.13. The fourth-order valence-electron chi connectivity index (χ4n) is 2.79. The van der Waals surface area contributed by atoms with E-state index in [0.717, 1.165) is 17.0 Å². The van der Waals surface area contributed by atoms with Crippen LogP contribution in [0.3, 0.4) is 0 Å². The van der Waals surface area contributed by atoms with Crippen LogP contribution in [0.2, 0.25) is 0 Å². The van der Waals surface area contributed by atoms with Gasteiger partial charge in [-0.1, -0.05) is 24.3 Å². The number of alkyl halides is 3. The van der Waals surface area contributed by atoms with Gasteiger partial charge < -0.3 is 5.73 Å². The van der Waals surface area contributed by atoms with Crippen LogP contribution in [-0.2, 0) is 6.18 Å². The van der Waals surface area contributed by atoms with Gasteiger partial charge in [-0.2, -0.15) is 18.3 Å². The Bertz CT molecular complexity index is 1160. The highest BCUT2D eigenvalue weighted by atomic mass is 19.4. The first-order valence-corrected chi connectivity index (χ1v) is 8.33. The number of nitrogens with two attached hydrogens (primary N) is 1. The van der Waals surface area contributed by atoms with E-state index in [4.69, 9.17) is 5.73 Å². The number of aromatic amines is 1. The van der Waals surface area contributed by atoms with Crippen molar-refractivity contribution >= 4 is 28.0 Å². The van der Waals surface area contributed by atoms with Gasteiger partial charge in [0.15, 0.2) is 0 Å². The fourth-order valence-corrected chi connectivity index (χ4v) is 2.79. The van der Waals surface area contributed by atoms with Gasteiger partial charge in [-0.05, 0) is 36.4 Å². The van der Waals surface area contributed by atoms with E-state index in [1.54, 1.807) is 48.7 Å². The van der Waals surface area contributed by atoms with E-state index in [1.165, 1.54) is 6.07 Å². The molecule has 0 aliphatic rings. The van der Waals surface area contributed by atoms with E-state index in [2.05, 4.69) is 20.2 Å². The maximum absolute atomic E-state index is 13.2. The van der Waals surface area contributed by atoms with Gasteiger partial charge in [0.25, 0.3) is 0 Å². The number of hydrogen-bond donors (Lipinski definition) is 2. The van der Waals surface area contributed by atoms with Crippen LogP contribution in [-0.4, -0.2) is 20.9 Å². The lowest BCUT2D eigenvalue weighted by Crippen LogP contribution is -2.15. The Morgan fingerprint density at radius 3 is 2.54 bits per heavy atom. The van der Waals surface area contributed by atoms with E-state index in [0.29, 0.717) is 11.3 Å². The molecule has 2 aromatic heterocycles. The monoisotopic (exact) mass is 381 g/mol. The molecule has 8 heteroatoms. The zero-order chi connectivity index (χ0) is 19.7. The maximum Gasteiger partial charge on any atom is 0.433 e. The lowest BCUT2D eigenvalue weighted by molar-refractivity contribution is -0.141. The standard InChI is InChI=1S/C20H14F3N5/c21-20(22,23)17-9-7-15(24)19(27-17)18(26-14-4-2-1-3-5-14)12-6-8-16-13(10-12)11-25-28-16/h1-11H,24H2,(H,25,28). The van der Waals surface area contributed by atoms with Crippen LogP contribution in [0.25, 0.3) is 10.9 Å². The molecule has 0 saturated carbocycles. The summed E-state index contributed by atoms with van der Waals surface area (Å²) in [7, 11) is 0. The first-order chi connectivity index (χ1) is 13.4. The SMILES string of the molecule is Nc1ccc(C(F)(F)F)nc1C(=Nc1ccccc1)c1ccc2[nH]ncc2c1. The van der Waals surface area contributed by atoms with Gasteiger partial charge in [0.05, 0.1) is 28.8 Å². The van der Waals surface area contributed by atoms with Crippen molar-refractivity contribution in [1.29, 1.82) is 0 Å². The molecule has 0 aliphatic heterocycles. The average Bonchev–Trinajstić information content (AvgIpc) is 3.14. The summed E-state index contributed by atoms with van der Waals surface area (Å²) < 4.78 is 39.6. The molecule has 28 heavy (non-hydrogen) atoms. The number of anilines is 1. The summed E-state index contributed by atoms with van der Waals surface area (Å²) in [5.41, 5.74) is 7.24. The van der Waals surface area contributed by atoms with E-state index in [1.807, 2.05) is 6.07 Å². The van der Waals surface area contributed by atoms with Gasteiger partial charge in [-0.25, -0.2) is 9.98 Å². The number of hydrogen-bond acceptors (Lipinski definition) is 4. The number of pyridine rings is 1. The summed E-state index contributed by atoms with van der Waals surface area (Å²) in [5.74, 6) is 0. The summed E-state index contributed by atoms with van der Waals surface area (Å²) >= 11 is 0. The number of halogens is 3. The number of H-pyrrole nitrogens is 1. The van der Waals surface area contributed by atoms with Crippen molar-refractivity contribution in [3.8, 4) is 0 Å². The predicted molar refractivity (Wildman–Crippen MR) is 101 cm³/mol. The Labute approximate surface area is 157 Å². The molecule has 140 valence electrons. The Morgan fingerprint density at radius 1 is 1.00 bits per heavy atom. The molecule has 0 fully saturated rings. The van der Waals surface area contributed by atoms with Crippen molar-refractivity contribution in [1.82, 2.24) is 15.2 Å². The summed E-state index contributed by atoms with van der Waals surface area (Å²) in [6, 6.07) is 16.3. The number of fused-ring (bicyclic) bond motifs is 1. The maximum atomic E-state index is 13.2. The Kier molecular flexibility index (Phi) is 4.31. The van der Waals surface area contributed by atoms with Crippen LogP contribution in [0, 0.1) is 0 Å². The molecule has 0 radical (unpaired) electrons. The summed E-state index contributed by atoms with van der Waals surface area (Å²) in [6.07, 6.45) is -2.96. The Hall–Kier alpha value is -3.68. The number of para-hydroxylation sites is 1. The highest BCUT2D eigenvalue weighted by molar-refractivity contribution is 6.16. The smallest absolute Gasteiger partial charge is 0.397 e. The van der Waals surface area contributed by atoms with Crippen LogP contribution in [0.15, 0.2) is 71.9 Å². The number of nitrogens with zero attached hydrogens (tertiary/aromatic N) is 3. The van der Waals surface area contributed by atoms with Gasteiger partial charge in [0.1, 0.15) is 11.4 Å². The molecule has 4 aromatic rings. The summed E-state index contributed by atoms with van der Waals surface area (Å²) in [6.45, 7) is 0. The van der Waals surface area contributed by atoms with E-state index < -0.39 is 11.9 Å². The molecule has 2 heterocycles. The van der Waals surface area contributed by atoms with Crippen molar-refractivity contribution in [2.75, 3.05) is 5.73 Å². The minimum absolute atomic E-state index is 0.0264. The van der Waals surface area contributed by atoms with Crippen LogP contribution in [0.1, 0.15) is 17.0 Å². The Balaban J connectivity index is 1.95. The van der Waals surface area contributed by atoms with Gasteiger partial charge >= 0.3 is 6.18 Å². The van der Waals surface area contributed by atoms with Crippen molar-refractivity contribution in [2.45, 2.75) is 6.18 Å². The molecule has 0 aliphatic carbocycles. The minimum atomic E-state index is -4.59. The molecular formula is C20H14F3N5. The third-order valence-corrected chi connectivity index (χ3v) is 4.15. The third kappa shape index (κ3) is 3.44. The Morgan fingerprint density at radius 2 is 1.79 bits per heavy atom. The topological polar surface area (TPSA) is 80.0 Å². The second-order valence-corrected chi connectivity index (χ2v) is 6.10. The first kappa shape index (κ1) is 17.7. The summed E-state index contributed by atoms with van der Waals surface area (Å²) in [4.78, 5) is 8.33. The normalized spacial score (nSPS) is 12.5. The second kappa shape index (κ2) is 6.80. The highest BCUT2D eigenvalue weighted by Crippen LogP contribution is 2.30. The first-order valence-electron chi connectivity index (χ1n) is 8.33. The molecular weight excluding hydrogens is 367 g/mol. The molecule has 0 unspecified atom stereocenters. The molecule has 0 spiro atoms. The van der Waals surface area contributed by atoms with Gasteiger partial charge in [0, 0.05) is 10.9 Å². The second-order valence-electron chi connectivity index (χ2n) is 6.10. The van der Waals surface area contributed by atoms with E-state index in [-0.39, 0.29) is 17.1 Å². The van der Waals surface area contributed by atoms with Crippen LogP contribution in [0.4, 0.5) is 24.5 Å². The average molecular weight is 381 g/mol. The lowest BCUT2D eigenvalue weighted by atomic mass is 10.0. The van der Waals surface area contributed by atoms with Crippen molar-refractivity contribution in [3.05, 3.63) is 83.8 Å². The van der Waals surface area contributed by atoms with Crippen LogP contribution >= 0.6 is 0 Å². The quantitative estimate of drug-likeness (QED) is 0.504. The third-order valence-electron chi connectivity index (χ3n) is 4.15. The molecule has 0 atom stereocenters. The minimum Gasteiger partial charge on any atom is -0.397 e. The number of benzene rings is 2. The van der Waals surface area contributed by atoms with E-state index in [9.17, 15) is 13.2 Å². The zero-order valence-corrected chi connectivity index (χ0v) is 14.4. The predicted octanol–water partition coefficient (Wildman–Crippen LogP) is 4.73. The molecule has 3 N–H and O–H groups in total.